The summed E-state index contributed by atoms with van der Waals surface area (Å²) < 4.78 is 11.3. The van der Waals surface area contributed by atoms with E-state index in [0.29, 0.717) is 12.1 Å². The summed E-state index contributed by atoms with van der Waals surface area (Å²) in [6, 6.07) is 0.539. The largest absolute Gasteiger partial charge is 0.381 e. The zero-order valence-corrected chi connectivity index (χ0v) is 11.7. The maximum atomic E-state index is 5.66. The Kier molecular flexibility index (Phi) is 7.82. The smallest absolute Gasteiger partial charge is 0.0590 e. The van der Waals surface area contributed by atoms with Crippen LogP contribution in [-0.2, 0) is 9.47 Å². The topological polar surface area (TPSA) is 30.5 Å². The van der Waals surface area contributed by atoms with Crippen molar-refractivity contribution >= 4 is 0 Å². The van der Waals surface area contributed by atoms with Gasteiger partial charge in [-0.3, -0.25) is 0 Å². The Morgan fingerprint density at radius 2 is 2.06 bits per heavy atom. The molecule has 0 amide bonds. The van der Waals surface area contributed by atoms with Crippen LogP contribution in [-0.4, -0.2) is 39.0 Å². The summed E-state index contributed by atoms with van der Waals surface area (Å²) in [6.45, 7) is 7.18. The summed E-state index contributed by atoms with van der Waals surface area (Å²) in [7, 11) is 2.04. The van der Waals surface area contributed by atoms with Crippen LogP contribution >= 0.6 is 0 Å². The van der Waals surface area contributed by atoms with E-state index in [1.807, 2.05) is 7.05 Å². The van der Waals surface area contributed by atoms with E-state index in [1.165, 1.54) is 12.8 Å². The van der Waals surface area contributed by atoms with Gasteiger partial charge in [-0.05, 0) is 45.1 Å². The quantitative estimate of drug-likeness (QED) is 0.631. The number of hydrogen-bond donors (Lipinski definition) is 1. The maximum absolute atomic E-state index is 5.66. The fourth-order valence-corrected chi connectivity index (χ4v) is 2.17. The van der Waals surface area contributed by atoms with Gasteiger partial charge in [0, 0.05) is 25.9 Å². The van der Waals surface area contributed by atoms with Gasteiger partial charge in [-0.2, -0.15) is 0 Å². The average Bonchev–Trinajstić information content (AvgIpc) is 2.79. The molecule has 0 radical (unpaired) electrons. The Morgan fingerprint density at radius 3 is 2.65 bits per heavy atom. The second kappa shape index (κ2) is 8.90. The molecule has 0 aromatic rings. The van der Waals surface area contributed by atoms with Crippen molar-refractivity contribution in [1.82, 2.24) is 5.32 Å². The van der Waals surface area contributed by atoms with Crippen LogP contribution in [0.4, 0.5) is 0 Å². The highest BCUT2D eigenvalue weighted by molar-refractivity contribution is 4.73. The number of nitrogens with one attached hydrogen (secondary N) is 1. The van der Waals surface area contributed by atoms with Crippen molar-refractivity contribution in [1.29, 1.82) is 0 Å². The molecule has 0 bridgehead atoms. The lowest BCUT2D eigenvalue weighted by Crippen LogP contribution is -2.31. The van der Waals surface area contributed by atoms with Crippen LogP contribution in [0.25, 0.3) is 0 Å². The zero-order valence-electron chi connectivity index (χ0n) is 11.7. The molecular formula is C14H29NO2. The van der Waals surface area contributed by atoms with Gasteiger partial charge in [0.15, 0.2) is 0 Å². The molecule has 1 heterocycles. The van der Waals surface area contributed by atoms with E-state index < -0.39 is 0 Å². The van der Waals surface area contributed by atoms with Crippen molar-refractivity contribution in [2.24, 2.45) is 5.92 Å². The molecule has 1 saturated heterocycles. The molecule has 0 aromatic heterocycles. The van der Waals surface area contributed by atoms with Gasteiger partial charge in [0.2, 0.25) is 0 Å². The third-order valence-corrected chi connectivity index (χ3v) is 3.43. The fourth-order valence-electron chi connectivity index (χ4n) is 2.17. The van der Waals surface area contributed by atoms with Gasteiger partial charge in [-0.15, -0.1) is 0 Å². The van der Waals surface area contributed by atoms with Crippen LogP contribution in [0.1, 0.15) is 46.0 Å². The molecule has 1 N–H and O–H groups in total. The van der Waals surface area contributed by atoms with E-state index in [4.69, 9.17) is 9.47 Å². The molecule has 3 heteroatoms. The third kappa shape index (κ3) is 7.02. The van der Waals surface area contributed by atoms with Crippen molar-refractivity contribution in [3.63, 3.8) is 0 Å². The Morgan fingerprint density at radius 1 is 1.29 bits per heavy atom. The molecule has 0 saturated carbocycles. The van der Waals surface area contributed by atoms with E-state index in [2.05, 4.69) is 19.2 Å². The summed E-state index contributed by atoms with van der Waals surface area (Å²) >= 11 is 0. The lowest BCUT2D eigenvalue weighted by atomic mass is 10.0. The fraction of sp³-hybridized carbons (Fsp3) is 1.00. The normalized spacial score (nSPS) is 22.2. The van der Waals surface area contributed by atoms with Gasteiger partial charge >= 0.3 is 0 Å². The third-order valence-electron chi connectivity index (χ3n) is 3.43. The number of rotatable bonds is 9. The van der Waals surface area contributed by atoms with Crippen LogP contribution in [0.5, 0.6) is 0 Å². The minimum absolute atomic E-state index is 0.475. The molecule has 2 atom stereocenters. The van der Waals surface area contributed by atoms with Gasteiger partial charge in [0.25, 0.3) is 0 Å². The standard InChI is InChI=1S/C14H29NO2/c1-12(2)6-9-16-10-7-13(15-3)11-14-5-4-8-17-14/h12-15H,4-11H2,1-3H3. The first-order valence-electron chi connectivity index (χ1n) is 7.09. The minimum Gasteiger partial charge on any atom is -0.381 e. The second-order valence-electron chi connectivity index (χ2n) is 5.44. The molecule has 1 rings (SSSR count). The van der Waals surface area contributed by atoms with Crippen LogP contribution in [0.2, 0.25) is 0 Å². The highest BCUT2D eigenvalue weighted by atomic mass is 16.5. The van der Waals surface area contributed by atoms with E-state index in [0.717, 1.165) is 45.0 Å². The average molecular weight is 243 g/mol. The Labute approximate surface area is 106 Å². The van der Waals surface area contributed by atoms with E-state index >= 15 is 0 Å². The predicted molar refractivity (Wildman–Crippen MR) is 71.3 cm³/mol. The minimum atomic E-state index is 0.475. The van der Waals surface area contributed by atoms with Crippen molar-refractivity contribution in [2.45, 2.75) is 58.1 Å². The summed E-state index contributed by atoms with van der Waals surface area (Å²) in [5.41, 5.74) is 0. The van der Waals surface area contributed by atoms with Crippen molar-refractivity contribution in [3.8, 4) is 0 Å². The molecule has 0 spiro atoms. The first-order chi connectivity index (χ1) is 8.22. The van der Waals surface area contributed by atoms with Gasteiger partial charge in [0.05, 0.1) is 6.10 Å². The maximum Gasteiger partial charge on any atom is 0.0590 e. The van der Waals surface area contributed by atoms with Crippen molar-refractivity contribution in [3.05, 3.63) is 0 Å². The van der Waals surface area contributed by atoms with Crippen LogP contribution in [0.3, 0.4) is 0 Å². The molecule has 0 aromatic carbocycles. The number of hydrogen-bond acceptors (Lipinski definition) is 3. The molecule has 3 nitrogen and oxygen atoms in total. The van der Waals surface area contributed by atoms with Gasteiger partial charge < -0.3 is 14.8 Å². The molecule has 1 fully saturated rings. The van der Waals surface area contributed by atoms with Crippen LogP contribution < -0.4 is 5.32 Å². The molecule has 1 aliphatic rings. The molecule has 2 unspecified atom stereocenters. The zero-order chi connectivity index (χ0) is 12.5. The predicted octanol–water partition coefficient (Wildman–Crippen LogP) is 2.60. The van der Waals surface area contributed by atoms with Gasteiger partial charge in [-0.25, -0.2) is 0 Å². The first-order valence-corrected chi connectivity index (χ1v) is 7.09. The molecule has 1 aliphatic heterocycles. The summed E-state index contributed by atoms with van der Waals surface area (Å²) in [5.74, 6) is 0.738. The van der Waals surface area contributed by atoms with E-state index in [-0.39, 0.29) is 0 Å². The lowest BCUT2D eigenvalue weighted by molar-refractivity contribution is 0.0813. The van der Waals surface area contributed by atoms with Crippen molar-refractivity contribution < 1.29 is 9.47 Å². The second-order valence-corrected chi connectivity index (χ2v) is 5.44. The lowest BCUT2D eigenvalue weighted by Gasteiger charge is -2.19. The molecule has 17 heavy (non-hydrogen) atoms. The summed E-state index contributed by atoms with van der Waals surface area (Å²) in [6.07, 6.45) is 6.32. The van der Waals surface area contributed by atoms with Crippen molar-refractivity contribution in [2.75, 3.05) is 26.9 Å². The Balaban J connectivity index is 2.01. The van der Waals surface area contributed by atoms with Gasteiger partial charge in [0.1, 0.15) is 0 Å². The van der Waals surface area contributed by atoms with E-state index in [9.17, 15) is 0 Å². The van der Waals surface area contributed by atoms with Gasteiger partial charge in [-0.1, -0.05) is 13.8 Å². The monoisotopic (exact) mass is 243 g/mol. The SMILES string of the molecule is CNC(CCOCCC(C)C)CC1CCCO1. The first kappa shape index (κ1) is 14.9. The van der Waals surface area contributed by atoms with Crippen LogP contribution in [0, 0.1) is 5.92 Å². The highest BCUT2D eigenvalue weighted by Gasteiger charge is 2.19. The summed E-state index contributed by atoms with van der Waals surface area (Å²) in [5, 5.41) is 3.37. The molecule has 0 aliphatic carbocycles. The van der Waals surface area contributed by atoms with Crippen LogP contribution in [0.15, 0.2) is 0 Å². The number of ether oxygens (including phenoxy) is 2. The highest BCUT2D eigenvalue weighted by Crippen LogP contribution is 2.18. The molecule has 102 valence electrons. The van der Waals surface area contributed by atoms with E-state index in [1.54, 1.807) is 0 Å². The Bertz CT molecular complexity index is 179. The Hall–Kier alpha value is -0.120. The molecular weight excluding hydrogens is 214 g/mol. The summed E-state index contributed by atoms with van der Waals surface area (Å²) in [4.78, 5) is 0.